The van der Waals surface area contributed by atoms with Gasteiger partial charge in [-0.05, 0) is 57.3 Å². The first-order chi connectivity index (χ1) is 8.26. The van der Waals surface area contributed by atoms with E-state index < -0.39 is 0 Å². The van der Waals surface area contributed by atoms with Crippen molar-refractivity contribution in [1.82, 2.24) is 5.32 Å². The second kappa shape index (κ2) is 6.38. The van der Waals surface area contributed by atoms with E-state index in [-0.39, 0.29) is 29.2 Å². The molecule has 4 nitrogen and oxygen atoms in total. The fraction of sp³-hybridized carbons (Fsp3) is 0.417. The summed E-state index contributed by atoms with van der Waals surface area (Å²) < 4.78 is 1.53. The molecule has 0 bridgehead atoms. The smallest absolute Gasteiger partial charge is 0.255 e. The Morgan fingerprint density at radius 1 is 1.39 bits per heavy atom. The third kappa shape index (κ3) is 4.23. The largest absolute Gasteiger partial charge is 0.506 e. The van der Waals surface area contributed by atoms with E-state index in [0.717, 1.165) is 3.57 Å². The second-order valence-corrected chi connectivity index (χ2v) is 7.20. The zero-order valence-electron chi connectivity index (χ0n) is 10.1. The molecule has 1 amide bonds. The van der Waals surface area contributed by atoms with Gasteiger partial charge in [0.1, 0.15) is 5.75 Å². The summed E-state index contributed by atoms with van der Waals surface area (Å²) in [4.78, 5) is 12.0. The Morgan fingerprint density at radius 3 is 2.56 bits per heavy atom. The van der Waals surface area contributed by atoms with Crippen molar-refractivity contribution < 1.29 is 15.0 Å². The number of nitrogens with one attached hydrogen (secondary N) is 1. The van der Waals surface area contributed by atoms with Gasteiger partial charge >= 0.3 is 0 Å². The number of carbonyl (C=O) groups is 1. The molecule has 0 fully saturated rings. The standard InChI is InChI=1S/C12H15I2NO3/c1-12(2,6-16)5-15-11(18)8-3-7(13)4-9(14)10(8)17/h3-4,16-17H,5-6H2,1-2H3,(H,15,18). The molecular weight excluding hydrogens is 460 g/mol. The molecule has 0 saturated carbocycles. The van der Waals surface area contributed by atoms with Crippen LogP contribution in [-0.4, -0.2) is 29.3 Å². The van der Waals surface area contributed by atoms with Gasteiger partial charge in [0.2, 0.25) is 0 Å². The maximum atomic E-state index is 12.0. The van der Waals surface area contributed by atoms with Crippen molar-refractivity contribution in [2.45, 2.75) is 13.8 Å². The lowest BCUT2D eigenvalue weighted by atomic mass is 9.95. The van der Waals surface area contributed by atoms with Gasteiger partial charge in [0, 0.05) is 22.1 Å². The maximum Gasteiger partial charge on any atom is 0.255 e. The number of rotatable bonds is 4. The van der Waals surface area contributed by atoms with Crippen molar-refractivity contribution in [3.05, 3.63) is 24.8 Å². The Labute approximate surface area is 133 Å². The van der Waals surface area contributed by atoms with Crippen LogP contribution >= 0.6 is 45.2 Å². The number of aliphatic hydroxyl groups is 1. The van der Waals surface area contributed by atoms with Gasteiger partial charge in [-0.25, -0.2) is 0 Å². The summed E-state index contributed by atoms with van der Waals surface area (Å²) in [5.74, 6) is -0.333. The molecule has 0 saturated heterocycles. The van der Waals surface area contributed by atoms with Gasteiger partial charge in [-0.3, -0.25) is 4.79 Å². The number of aromatic hydroxyl groups is 1. The molecule has 1 aromatic carbocycles. The Morgan fingerprint density at radius 2 is 2.00 bits per heavy atom. The van der Waals surface area contributed by atoms with E-state index in [1.807, 2.05) is 36.4 Å². The highest BCUT2D eigenvalue weighted by molar-refractivity contribution is 14.1. The van der Waals surface area contributed by atoms with Crippen LogP contribution < -0.4 is 5.32 Å². The minimum absolute atomic E-state index is 0.00433. The number of halogens is 2. The lowest BCUT2D eigenvalue weighted by Gasteiger charge is -2.22. The number of phenolic OH excluding ortho intramolecular Hbond substituents is 1. The number of amides is 1. The summed E-state index contributed by atoms with van der Waals surface area (Å²) in [6.07, 6.45) is 0. The molecule has 0 aliphatic carbocycles. The first-order valence-corrected chi connectivity index (χ1v) is 7.49. The van der Waals surface area contributed by atoms with Crippen LogP contribution in [0.2, 0.25) is 0 Å². The topological polar surface area (TPSA) is 69.6 Å². The fourth-order valence-electron chi connectivity index (χ4n) is 1.21. The van der Waals surface area contributed by atoms with Crippen molar-refractivity contribution in [1.29, 1.82) is 0 Å². The number of hydrogen-bond donors (Lipinski definition) is 3. The number of aliphatic hydroxyl groups excluding tert-OH is 1. The predicted octanol–water partition coefficient (Wildman–Crippen LogP) is 2.35. The molecule has 6 heteroatoms. The SMILES string of the molecule is CC(C)(CO)CNC(=O)c1cc(I)cc(I)c1O. The number of benzene rings is 1. The minimum Gasteiger partial charge on any atom is -0.506 e. The predicted molar refractivity (Wildman–Crippen MR) is 86.7 cm³/mol. The van der Waals surface area contributed by atoms with Crippen molar-refractivity contribution in [3.8, 4) is 5.75 Å². The van der Waals surface area contributed by atoms with Gasteiger partial charge in [0.15, 0.2) is 0 Å². The highest BCUT2D eigenvalue weighted by Crippen LogP contribution is 2.27. The van der Waals surface area contributed by atoms with Crippen LogP contribution in [0.25, 0.3) is 0 Å². The van der Waals surface area contributed by atoms with Crippen LogP contribution in [0.4, 0.5) is 0 Å². The molecule has 0 aromatic heterocycles. The van der Waals surface area contributed by atoms with Crippen LogP contribution in [0.15, 0.2) is 12.1 Å². The Balaban J connectivity index is 2.85. The summed E-state index contributed by atoms with van der Waals surface area (Å²) in [7, 11) is 0. The molecule has 3 N–H and O–H groups in total. The molecular formula is C12H15I2NO3. The van der Waals surface area contributed by atoms with E-state index in [4.69, 9.17) is 5.11 Å². The molecule has 0 aliphatic heterocycles. The summed E-state index contributed by atoms with van der Waals surface area (Å²) in [5, 5.41) is 21.7. The summed E-state index contributed by atoms with van der Waals surface area (Å²) in [6.45, 7) is 4.05. The third-order valence-corrected chi connectivity index (χ3v) is 3.87. The molecule has 0 atom stereocenters. The molecule has 1 aromatic rings. The quantitative estimate of drug-likeness (QED) is 0.587. The van der Waals surface area contributed by atoms with Crippen LogP contribution in [0.3, 0.4) is 0 Å². The van der Waals surface area contributed by atoms with Crippen molar-refractivity contribution in [2.24, 2.45) is 5.41 Å². The average molecular weight is 475 g/mol. The van der Waals surface area contributed by atoms with Gasteiger partial charge in [0.05, 0.1) is 9.13 Å². The number of carbonyl (C=O) groups excluding carboxylic acids is 1. The highest BCUT2D eigenvalue weighted by Gasteiger charge is 2.20. The Hall–Kier alpha value is -0.0900. The molecule has 0 aliphatic rings. The first kappa shape index (κ1) is 16.0. The molecule has 1 rings (SSSR count). The number of hydrogen-bond acceptors (Lipinski definition) is 3. The van der Waals surface area contributed by atoms with Gasteiger partial charge < -0.3 is 15.5 Å². The van der Waals surface area contributed by atoms with E-state index in [9.17, 15) is 9.90 Å². The van der Waals surface area contributed by atoms with Crippen LogP contribution in [0.1, 0.15) is 24.2 Å². The summed E-state index contributed by atoms with van der Waals surface area (Å²) >= 11 is 4.08. The van der Waals surface area contributed by atoms with Gasteiger partial charge in [-0.1, -0.05) is 13.8 Å². The second-order valence-electron chi connectivity index (χ2n) is 4.79. The minimum atomic E-state index is -0.375. The summed E-state index contributed by atoms with van der Waals surface area (Å²) in [6, 6.07) is 3.43. The highest BCUT2D eigenvalue weighted by atomic mass is 127. The Bertz CT molecular complexity index is 461. The maximum absolute atomic E-state index is 12.0. The van der Waals surface area contributed by atoms with Gasteiger partial charge in [-0.2, -0.15) is 0 Å². The van der Waals surface area contributed by atoms with E-state index >= 15 is 0 Å². The molecule has 0 spiro atoms. The Kier molecular flexibility index (Phi) is 5.66. The van der Waals surface area contributed by atoms with E-state index in [0.29, 0.717) is 10.1 Å². The molecule has 100 valence electrons. The molecule has 0 unspecified atom stereocenters. The zero-order valence-corrected chi connectivity index (χ0v) is 14.4. The first-order valence-electron chi connectivity index (χ1n) is 5.34. The van der Waals surface area contributed by atoms with Crippen molar-refractivity contribution in [3.63, 3.8) is 0 Å². The zero-order chi connectivity index (χ0) is 13.9. The van der Waals surface area contributed by atoms with Crippen LogP contribution in [-0.2, 0) is 0 Å². The average Bonchev–Trinajstić information content (AvgIpc) is 2.31. The lowest BCUT2D eigenvalue weighted by Crippen LogP contribution is -2.36. The summed E-state index contributed by atoms with van der Waals surface area (Å²) in [5.41, 5.74) is -0.111. The third-order valence-electron chi connectivity index (χ3n) is 2.43. The lowest BCUT2D eigenvalue weighted by molar-refractivity contribution is 0.0908. The molecule has 18 heavy (non-hydrogen) atoms. The van der Waals surface area contributed by atoms with Gasteiger partial charge in [0.25, 0.3) is 5.91 Å². The van der Waals surface area contributed by atoms with Crippen molar-refractivity contribution >= 4 is 51.1 Å². The fourth-order valence-corrected chi connectivity index (χ4v) is 3.05. The number of phenols is 1. The van der Waals surface area contributed by atoms with Crippen LogP contribution in [0, 0.1) is 12.6 Å². The monoisotopic (exact) mass is 475 g/mol. The van der Waals surface area contributed by atoms with Crippen molar-refractivity contribution in [2.75, 3.05) is 13.2 Å². The van der Waals surface area contributed by atoms with E-state index in [1.54, 1.807) is 12.1 Å². The normalized spacial score (nSPS) is 11.4. The van der Waals surface area contributed by atoms with Gasteiger partial charge in [-0.15, -0.1) is 0 Å². The van der Waals surface area contributed by atoms with E-state index in [2.05, 4.69) is 27.9 Å². The van der Waals surface area contributed by atoms with E-state index in [1.165, 1.54) is 0 Å². The molecule has 0 radical (unpaired) electrons. The van der Waals surface area contributed by atoms with Crippen LogP contribution in [0.5, 0.6) is 5.75 Å². The molecule has 0 heterocycles.